The minimum Gasteiger partial charge on any atom is -0.497 e. The van der Waals surface area contributed by atoms with E-state index in [0.29, 0.717) is 6.04 Å². The molecule has 0 spiro atoms. The summed E-state index contributed by atoms with van der Waals surface area (Å²) in [5.41, 5.74) is 1.29. The number of aliphatic hydroxyl groups excluding tert-OH is 1. The number of likely N-dealkylation sites (tertiary alicyclic amines) is 1. The number of methoxy groups -OCH3 is 1. The van der Waals surface area contributed by atoms with Crippen LogP contribution in [0, 0.1) is 0 Å². The first-order valence-electron chi connectivity index (χ1n) is 10.7. The van der Waals surface area contributed by atoms with E-state index in [-0.39, 0.29) is 6.61 Å². The fourth-order valence-corrected chi connectivity index (χ4v) is 4.71. The van der Waals surface area contributed by atoms with Crippen molar-refractivity contribution in [1.29, 1.82) is 0 Å². The van der Waals surface area contributed by atoms with Crippen molar-refractivity contribution in [1.82, 2.24) is 14.7 Å². The number of piperidine rings is 1. The van der Waals surface area contributed by atoms with Gasteiger partial charge in [0.1, 0.15) is 5.75 Å². The summed E-state index contributed by atoms with van der Waals surface area (Å²) in [6.07, 6.45) is 4.70. The predicted octanol–water partition coefficient (Wildman–Crippen LogP) is 2.44. The first-order valence-corrected chi connectivity index (χ1v) is 10.7. The van der Waals surface area contributed by atoms with Crippen LogP contribution in [0.3, 0.4) is 0 Å². The highest BCUT2D eigenvalue weighted by Crippen LogP contribution is 2.24. The van der Waals surface area contributed by atoms with Crippen molar-refractivity contribution < 1.29 is 9.84 Å². The third-order valence-electron chi connectivity index (χ3n) is 6.23. The van der Waals surface area contributed by atoms with Crippen LogP contribution in [0.25, 0.3) is 0 Å². The number of benzene rings is 1. The van der Waals surface area contributed by atoms with Gasteiger partial charge < -0.3 is 14.7 Å². The molecule has 2 aliphatic heterocycles. The molecule has 2 aliphatic rings. The maximum absolute atomic E-state index is 9.60. The van der Waals surface area contributed by atoms with E-state index in [2.05, 4.69) is 39.8 Å². The molecule has 0 bridgehead atoms. The molecule has 0 radical (unpaired) electrons. The summed E-state index contributed by atoms with van der Waals surface area (Å²) in [5.74, 6) is 0.920. The summed E-state index contributed by atoms with van der Waals surface area (Å²) < 4.78 is 5.37. The maximum Gasteiger partial charge on any atom is 0.119 e. The third-order valence-corrected chi connectivity index (χ3v) is 6.23. The van der Waals surface area contributed by atoms with Crippen molar-refractivity contribution in [3.05, 3.63) is 29.8 Å². The summed E-state index contributed by atoms with van der Waals surface area (Å²) in [5, 5.41) is 9.60. The molecule has 0 unspecified atom stereocenters. The van der Waals surface area contributed by atoms with Gasteiger partial charge in [0, 0.05) is 44.9 Å². The monoisotopic (exact) mass is 375 g/mol. The molecule has 1 atom stereocenters. The Morgan fingerprint density at radius 1 is 1.15 bits per heavy atom. The van der Waals surface area contributed by atoms with Crippen LogP contribution in [0.5, 0.6) is 5.75 Å². The predicted molar refractivity (Wildman–Crippen MR) is 110 cm³/mol. The smallest absolute Gasteiger partial charge is 0.119 e. The number of hydrogen-bond donors (Lipinski definition) is 1. The number of ether oxygens (including phenoxy) is 1. The quantitative estimate of drug-likeness (QED) is 0.756. The lowest BCUT2D eigenvalue weighted by Gasteiger charge is -2.46. The van der Waals surface area contributed by atoms with Gasteiger partial charge in [0.2, 0.25) is 0 Å². The second-order valence-corrected chi connectivity index (χ2v) is 8.06. The lowest BCUT2D eigenvalue weighted by Crippen LogP contribution is -2.57. The van der Waals surface area contributed by atoms with Crippen molar-refractivity contribution in [2.45, 2.75) is 51.2 Å². The summed E-state index contributed by atoms with van der Waals surface area (Å²) in [6.45, 7) is 10.5. The van der Waals surface area contributed by atoms with Crippen LogP contribution in [0.1, 0.15) is 38.2 Å². The Morgan fingerprint density at radius 3 is 2.67 bits per heavy atom. The molecule has 2 fully saturated rings. The molecule has 2 saturated heterocycles. The number of hydrogen-bond acceptors (Lipinski definition) is 5. The second kappa shape index (κ2) is 10.4. The second-order valence-electron chi connectivity index (χ2n) is 8.06. The molecule has 5 nitrogen and oxygen atoms in total. The zero-order valence-corrected chi connectivity index (χ0v) is 17.1. The van der Waals surface area contributed by atoms with Gasteiger partial charge in [0.25, 0.3) is 0 Å². The summed E-state index contributed by atoms with van der Waals surface area (Å²) in [4.78, 5) is 7.86. The largest absolute Gasteiger partial charge is 0.497 e. The van der Waals surface area contributed by atoms with Crippen LogP contribution in [-0.4, -0.2) is 84.9 Å². The Labute approximate surface area is 164 Å². The number of aliphatic hydroxyl groups is 1. The summed E-state index contributed by atoms with van der Waals surface area (Å²) >= 11 is 0. The molecule has 3 rings (SSSR count). The van der Waals surface area contributed by atoms with E-state index in [1.165, 1.54) is 44.5 Å². The fourth-order valence-electron chi connectivity index (χ4n) is 4.71. The molecule has 0 amide bonds. The van der Waals surface area contributed by atoms with Crippen LogP contribution < -0.4 is 4.74 Å². The Bertz CT molecular complexity index is 560. The van der Waals surface area contributed by atoms with Crippen LogP contribution in [0.4, 0.5) is 0 Å². The van der Waals surface area contributed by atoms with E-state index < -0.39 is 0 Å². The van der Waals surface area contributed by atoms with Crippen molar-refractivity contribution in [3.8, 4) is 5.75 Å². The number of rotatable bonds is 8. The SMILES string of the molecule is CCCN1CCC(N2CCN(Cc3cccc(OC)c3)[C@@H](CCO)C2)CC1. The Kier molecular flexibility index (Phi) is 7.94. The average Bonchev–Trinajstić information content (AvgIpc) is 2.70. The molecule has 152 valence electrons. The summed E-state index contributed by atoms with van der Waals surface area (Å²) in [6, 6.07) is 9.52. The van der Waals surface area contributed by atoms with Crippen LogP contribution in [0.15, 0.2) is 24.3 Å². The topological polar surface area (TPSA) is 39.2 Å². The minimum absolute atomic E-state index is 0.266. The van der Waals surface area contributed by atoms with Crippen LogP contribution in [-0.2, 0) is 6.54 Å². The van der Waals surface area contributed by atoms with E-state index in [0.717, 1.165) is 44.4 Å². The molecular formula is C22H37N3O2. The first-order chi connectivity index (χ1) is 13.2. The highest BCUT2D eigenvalue weighted by Gasteiger charge is 2.32. The van der Waals surface area contributed by atoms with Crippen LogP contribution in [0.2, 0.25) is 0 Å². The van der Waals surface area contributed by atoms with Gasteiger partial charge in [-0.3, -0.25) is 9.80 Å². The normalized spacial score (nSPS) is 23.6. The first kappa shape index (κ1) is 20.6. The van der Waals surface area contributed by atoms with Gasteiger partial charge in [-0.25, -0.2) is 0 Å². The van der Waals surface area contributed by atoms with E-state index in [4.69, 9.17) is 4.74 Å². The van der Waals surface area contributed by atoms with Gasteiger partial charge in [-0.15, -0.1) is 0 Å². The van der Waals surface area contributed by atoms with Gasteiger partial charge in [-0.05, 0) is 63.0 Å². The molecule has 27 heavy (non-hydrogen) atoms. The maximum atomic E-state index is 9.60. The van der Waals surface area contributed by atoms with Crippen molar-refractivity contribution in [2.75, 3.05) is 53.0 Å². The lowest BCUT2D eigenvalue weighted by molar-refractivity contribution is 0.0131. The molecule has 1 N–H and O–H groups in total. The Morgan fingerprint density at radius 2 is 1.96 bits per heavy atom. The Balaban J connectivity index is 1.56. The number of piperazine rings is 1. The highest BCUT2D eigenvalue weighted by molar-refractivity contribution is 5.28. The van der Waals surface area contributed by atoms with Gasteiger partial charge in [0.15, 0.2) is 0 Å². The van der Waals surface area contributed by atoms with Crippen molar-refractivity contribution in [2.24, 2.45) is 0 Å². The molecule has 2 heterocycles. The van der Waals surface area contributed by atoms with Crippen molar-refractivity contribution >= 4 is 0 Å². The number of nitrogens with zero attached hydrogens (tertiary/aromatic N) is 3. The molecule has 5 heteroatoms. The molecular weight excluding hydrogens is 338 g/mol. The van der Waals surface area contributed by atoms with E-state index in [1.54, 1.807) is 7.11 Å². The molecule has 1 aromatic carbocycles. The van der Waals surface area contributed by atoms with E-state index >= 15 is 0 Å². The zero-order valence-electron chi connectivity index (χ0n) is 17.1. The van der Waals surface area contributed by atoms with Crippen LogP contribution >= 0.6 is 0 Å². The van der Waals surface area contributed by atoms with E-state index in [9.17, 15) is 5.11 Å². The standard InChI is InChI=1S/C22H37N3O2/c1-3-10-23-11-7-20(8-12-23)25-14-13-24(21(18-25)9-15-26)17-19-5-4-6-22(16-19)27-2/h4-6,16,20-21,26H,3,7-15,17-18H2,1-2H3/t21-/m0/s1. The Hall–Kier alpha value is -1.14. The fraction of sp³-hybridized carbons (Fsp3) is 0.727. The molecule has 1 aromatic rings. The summed E-state index contributed by atoms with van der Waals surface area (Å²) in [7, 11) is 1.72. The lowest BCUT2D eigenvalue weighted by atomic mass is 9.99. The minimum atomic E-state index is 0.266. The third kappa shape index (κ3) is 5.67. The average molecular weight is 376 g/mol. The van der Waals surface area contributed by atoms with E-state index in [1.807, 2.05) is 6.07 Å². The highest BCUT2D eigenvalue weighted by atomic mass is 16.5. The van der Waals surface area contributed by atoms with Gasteiger partial charge in [0.05, 0.1) is 7.11 Å². The molecule has 0 saturated carbocycles. The van der Waals surface area contributed by atoms with Gasteiger partial charge in [-0.2, -0.15) is 0 Å². The van der Waals surface area contributed by atoms with Crippen molar-refractivity contribution in [3.63, 3.8) is 0 Å². The van der Waals surface area contributed by atoms with Gasteiger partial charge in [-0.1, -0.05) is 19.1 Å². The molecule has 0 aliphatic carbocycles. The molecule has 0 aromatic heterocycles. The van der Waals surface area contributed by atoms with Gasteiger partial charge >= 0.3 is 0 Å². The zero-order chi connectivity index (χ0) is 19.1.